The number of esters is 1. The Morgan fingerprint density at radius 2 is 1.73 bits per heavy atom. The van der Waals surface area contributed by atoms with E-state index in [-0.39, 0.29) is 30.7 Å². The highest BCUT2D eigenvalue weighted by Crippen LogP contribution is 2.28. The van der Waals surface area contributed by atoms with Gasteiger partial charge in [-0.25, -0.2) is 14.4 Å². The summed E-state index contributed by atoms with van der Waals surface area (Å²) in [6.07, 6.45) is 0.374. The summed E-state index contributed by atoms with van der Waals surface area (Å²) in [6, 6.07) is 10.1. The molecular formula is C28H32N4O8. The van der Waals surface area contributed by atoms with Crippen molar-refractivity contribution in [3.63, 3.8) is 0 Å². The van der Waals surface area contributed by atoms with E-state index in [1.807, 2.05) is 0 Å². The Morgan fingerprint density at radius 1 is 1.05 bits per heavy atom. The van der Waals surface area contributed by atoms with Crippen LogP contribution in [0.2, 0.25) is 0 Å². The zero-order chi connectivity index (χ0) is 29.6. The van der Waals surface area contributed by atoms with Gasteiger partial charge in [0.05, 0.1) is 23.3 Å². The molecular weight excluding hydrogens is 520 g/mol. The van der Waals surface area contributed by atoms with Crippen molar-refractivity contribution in [2.24, 2.45) is 5.73 Å². The average molecular weight is 553 g/mol. The number of rotatable bonds is 10. The van der Waals surface area contributed by atoms with Crippen molar-refractivity contribution in [3.05, 3.63) is 59.8 Å². The third-order valence-corrected chi connectivity index (χ3v) is 5.65. The quantitative estimate of drug-likeness (QED) is 0.275. The molecule has 0 saturated heterocycles. The van der Waals surface area contributed by atoms with Crippen LogP contribution in [0.5, 0.6) is 0 Å². The number of nitrogens with two attached hydrogens (primary N) is 1. The number of aromatic carboxylic acids is 1. The molecule has 1 heterocycles. The van der Waals surface area contributed by atoms with Crippen LogP contribution in [-0.4, -0.2) is 57.8 Å². The summed E-state index contributed by atoms with van der Waals surface area (Å²) < 4.78 is 11.9. The predicted molar refractivity (Wildman–Crippen MR) is 146 cm³/mol. The van der Waals surface area contributed by atoms with Crippen molar-refractivity contribution in [2.75, 3.05) is 11.9 Å². The van der Waals surface area contributed by atoms with Gasteiger partial charge in [0, 0.05) is 29.4 Å². The summed E-state index contributed by atoms with van der Waals surface area (Å²) in [5.74, 6) is -2.93. The van der Waals surface area contributed by atoms with Crippen LogP contribution in [0.25, 0.3) is 16.6 Å². The Morgan fingerprint density at radius 3 is 2.30 bits per heavy atom. The van der Waals surface area contributed by atoms with E-state index in [0.29, 0.717) is 22.2 Å². The maximum absolute atomic E-state index is 13.0. The molecule has 212 valence electrons. The molecule has 12 heteroatoms. The van der Waals surface area contributed by atoms with Crippen LogP contribution in [0.4, 0.5) is 10.5 Å². The topological polar surface area (TPSA) is 179 Å². The number of nitrogens with one attached hydrogen (secondary N) is 2. The maximum atomic E-state index is 13.0. The Bertz CT molecular complexity index is 1440. The number of alkyl carbamates (subject to hydrolysis) is 1. The van der Waals surface area contributed by atoms with E-state index < -0.39 is 41.5 Å². The number of fused-ring (bicyclic) bond motifs is 1. The van der Waals surface area contributed by atoms with Gasteiger partial charge >= 0.3 is 18.0 Å². The number of aromatic nitrogens is 1. The van der Waals surface area contributed by atoms with Crippen LogP contribution >= 0.6 is 0 Å². The maximum Gasteiger partial charge on any atom is 0.408 e. The minimum absolute atomic E-state index is 0.0160. The highest BCUT2D eigenvalue weighted by atomic mass is 16.6. The molecule has 0 spiro atoms. The second kappa shape index (κ2) is 12.3. The molecule has 0 radical (unpaired) electrons. The molecule has 2 aromatic carbocycles. The Balaban J connectivity index is 1.90. The van der Waals surface area contributed by atoms with Crippen LogP contribution in [0.3, 0.4) is 0 Å². The summed E-state index contributed by atoms with van der Waals surface area (Å²) in [6.45, 7) is 6.96. The molecule has 3 rings (SSSR count). The molecule has 0 aliphatic carbocycles. The smallest absolute Gasteiger partial charge is 0.408 e. The van der Waals surface area contributed by atoms with Crippen molar-refractivity contribution in [3.8, 4) is 5.69 Å². The number of primary amides is 1. The van der Waals surface area contributed by atoms with E-state index in [1.165, 1.54) is 12.3 Å². The minimum atomic E-state index is -1.18. The van der Waals surface area contributed by atoms with Crippen LogP contribution in [-0.2, 0) is 19.1 Å². The largest absolute Gasteiger partial charge is 0.478 e. The summed E-state index contributed by atoms with van der Waals surface area (Å²) in [7, 11) is 0. The third-order valence-electron chi connectivity index (χ3n) is 5.65. The number of carboxylic acid groups (broad SMARTS) is 1. The molecule has 5 N–H and O–H groups in total. The number of carbonyl (C=O) groups is 5. The number of nitrogens with zero attached hydrogens (tertiary/aromatic N) is 1. The van der Waals surface area contributed by atoms with Gasteiger partial charge in [0.25, 0.3) is 0 Å². The number of carbonyl (C=O) groups excluding carboxylic acids is 4. The van der Waals surface area contributed by atoms with Crippen molar-refractivity contribution >= 4 is 46.4 Å². The number of benzene rings is 2. The molecule has 0 aliphatic rings. The van der Waals surface area contributed by atoms with Gasteiger partial charge in [0.1, 0.15) is 11.6 Å². The molecule has 1 unspecified atom stereocenters. The molecule has 1 atom stereocenters. The second-order valence-electron chi connectivity index (χ2n) is 9.91. The first-order valence-corrected chi connectivity index (χ1v) is 12.5. The van der Waals surface area contributed by atoms with E-state index in [4.69, 9.17) is 15.2 Å². The molecule has 0 saturated carbocycles. The summed E-state index contributed by atoms with van der Waals surface area (Å²) >= 11 is 0. The predicted octanol–water partition coefficient (Wildman–Crippen LogP) is 3.60. The van der Waals surface area contributed by atoms with Gasteiger partial charge in [-0.05, 0) is 76.6 Å². The first-order chi connectivity index (χ1) is 18.8. The Labute approximate surface area is 230 Å². The van der Waals surface area contributed by atoms with E-state index in [1.54, 1.807) is 68.7 Å². The van der Waals surface area contributed by atoms with Crippen LogP contribution in [0.1, 0.15) is 61.3 Å². The van der Waals surface area contributed by atoms with E-state index >= 15 is 0 Å². The lowest BCUT2D eigenvalue weighted by Gasteiger charge is -2.23. The highest BCUT2D eigenvalue weighted by Gasteiger charge is 2.25. The zero-order valence-corrected chi connectivity index (χ0v) is 22.6. The van der Waals surface area contributed by atoms with Crippen molar-refractivity contribution < 1.29 is 38.6 Å². The Kier molecular flexibility index (Phi) is 9.15. The van der Waals surface area contributed by atoms with Gasteiger partial charge in [-0.15, -0.1) is 0 Å². The molecule has 3 amide bonds. The minimum Gasteiger partial charge on any atom is -0.478 e. The number of amides is 3. The first-order valence-electron chi connectivity index (χ1n) is 12.5. The van der Waals surface area contributed by atoms with Crippen molar-refractivity contribution in [2.45, 2.75) is 52.2 Å². The fourth-order valence-corrected chi connectivity index (χ4v) is 3.90. The molecule has 3 aromatic rings. The van der Waals surface area contributed by atoms with Crippen molar-refractivity contribution in [1.29, 1.82) is 0 Å². The fourth-order valence-electron chi connectivity index (χ4n) is 3.90. The Hall–Kier alpha value is -4.87. The van der Waals surface area contributed by atoms with Crippen LogP contribution in [0.15, 0.2) is 48.7 Å². The number of anilines is 1. The number of hydrogen-bond donors (Lipinski definition) is 4. The van der Waals surface area contributed by atoms with Gasteiger partial charge in [0.2, 0.25) is 11.8 Å². The fraction of sp³-hybridized carbons (Fsp3) is 0.321. The van der Waals surface area contributed by atoms with Crippen LogP contribution in [0, 0.1) is 0 Å². The molecule has 0 fully saturated rings. The second-order valence-corrected chi connectivity index (χ2v) is 9.91. The summed E-state index contributed by atoms with van der Waals surface area (Å²) in [4.78, 5) is 60.6. The van der Waals surface area contributed by atoms with Gasteiger partial charge in [-0.3, -0.25) is 9.59 Å². The van der Waals surface area contributed by atoms with Gasteiger partial charge < -0.3 is 35.5 Å². The molecule has 40 heavy (non-hydrogen) atoms. The summed E-state index contributed by atoms with van der Waals surface area (Å²) in [5.41, 5.74) is 6.17. The first kappa shape index (κ1) is 29.7. The van der Waals surface area contributed by atoms with E-state index in [9.17, 15) is 29.1 Å². The number of hydrogen-bond acceptors (Lipinski definition) is 7. The zero-order valence-electron chi connectivity index (χ0n) is 22.6. The number of carboxylic acids is 1. The van der Waals surface area contributed by atoms with E-state index in [2.05, 4.69) is 10.6 Å². The highest BCUT2D eigenvalue weighted by molar-refractivity contribution is 6.06. The molecule has 0 aliphatic heterocycles. The normalized spacial score (nSPS) is 11.9. The molecule has 0 bridgehead atoms. The standard InChI is InChI=1S/C28H32N4O8/c1-5-39-26(37)16-6-9-18(10-7-16)32-15-20(25(35)36)19-14-17(8-12-22(19)32)30-24(34)21(11-13-23(29)33)31-27(38)40-28(2,3)4/h6-10,12,14-15,21H,5,11,13H2,1-4H3,(H2,29,33)(H,30,34)(H,31,38)(H,35,36). The monoisotopic (exact) mass is 552 g/mol. The lowest BCUT2D eigenvalue weighted by Crippen LogP contribution is -2.46. The average Bonchev–Trinajstić information content (AvgIpc) is 3.24. The van der Waals surface area contributed by atoms with Crippen LogP contribution < -0.4 is 16.4 Å². The summed E-state index contributed by atoms with van der Waals surface area (Å²) in [5, 5.41) is 15.3. The number of ether oxygens (including phenoxy) is 2. The third kappa shape index (κ3) is 7.59. The van der Waals surface area contributed by atoms with Gasteiger partial charge in [-0.1, -0.05) is 0 Å². The lowest BCUT2D eigenvalue weighted by atomic mass is 10.1. The molecule has 1 aromatic heterocycles. The molecule has 12 nitrogen and oxygen atoms in total. The van der Waals surface area contributed by atoms with Gasteiger partial charge in [0.15, 0.2) is 0 Å². The van der Waals surface area contributed by atoms with E-state index in [0.717, 1.165) is 0 Å². The van der Waals surface area contributed by atoms with Crippen molar-refractivity contribution in [1.82, 2.24) is 9.88 Å². The van der Waals surface area contributed by atoms with Gasteiger partial charge in [-0.2, -0.15) is 0 Å². The SMILES string of the molecule is CCOC(=O)c1ccc(-n2cc(C(=O)O)c3cc(NC(=O)C(CCC(N)=O)NC(=O)OC(C)(C)C)ccc32)cc1. The lowest BCUT2D eigenvalue weighted by molar-refractivity contribution is -0.119.